The minimum Gasteiger partial charge on any atom is -0.349 e. The monoisotopic (exact) mass is 423 g/mol. The average molecular weight is 424 g/mol. The van der Waals surface area contributed by atoms with E-state index in [1.165, 1.54) is 28.2 Å². The van der Waals surface area contributed by atoms with Crippen LogP contribution in [0.25, 0.3) is 5.70 Å². The van der Waals surface area contributed by atoms with Gasteiger partial charge in [0.2, 0.25) is 0 Å². The van der Waals surface area contributed by atoms with Gasteiger partial charge in [0.1, 0.15) is 5.82 Å². The van der Waals surface area contributed by atoms with Crippen LogP contribution in [0.4, 0.5) is 5.82 Å². The van der Waals surface area contributed by atoms with Gasteiger partial charge in [0, 0.05) is 61.1 Å². The number of benzene rings is 2. The molecule has 0 spiro atoms. The molecule has 0 aliphatic carbocycles. The van der Waals surface area contributed by atoms with Crippen molar-refractivity contribution in [1.82, 2.24) is 9.47 Å². The Labute approximate surface area is 181 Å². The average Bonchev–Trinajstić information content (AvgIpc) is 3.20. The summed E-state index contributed by atoms with van der Waals surface area (Å²) < 4.78 is 2.38. The van der Waals surface area contributed by atoms with Gasteiger partial charge in [-0.2, -0.15) is 0 Å². The number of aromatic nitrogens is 1. The summed E-state index contributed by atoms with van der Waals surface area (Å²) in [7, 11) is 0. The van der Waals surface area contributed by atoms with E-state index < -0.39 is 0 Å². The first-order valence-electron chi connectivity index (χ1n) is 10.0. The van der Waals surface area contributed by atoms with E-state index in [0.717, 1.165) is 49.2 Å². The fourth-order valence-electron chi connectivity index (χ4n) is 4.46. The van der Waals surface area contributed by atoms with Crippen molar-refractivity contribution >= 4 is 34.7 Å². The Morgan fingerprint density at radius 1 is 0.793 bits per heavy atom. The largest absolute Gasteiger partial charge is 0.349 e. The molecule has 5 rings (SSSR count). The number of hydrogen-bond acceptors (Lipinski definition) is 2. The van der Waals surface area contributed by atoms with E-state index in [1.807, 2.05) is 24.3 Å². The maximum Gasteiger partial charge on any atom is 0.113 e. The molecule has 0 unspecified atom stereocenters. The fourth-order valence-corrected chi connectivity index (χ4v) is 4.80. The van der Waals surface area contributed by atoms with E-state index in [0.29, 0.717) is 0 Å². The van der Waals surface area contributed by atoms with Crippen LogP contribution < -0.4 is 4.90 Å². The Kier molecular flexibility index (Phi) is 5.13. The maximum absolute atomic E-state index is 6.18. The summed E-state index contributed by atoms with van der Waals surface area (Å²) in [5, 5.41) is 1.59. The first kappa shape index (κ1) is 18.8. The molecule has 3 aromatic rings. The van der Waals surface area contributed by atoms with Crippen molar-refractivity contribution in [3.63, 3.8) is 0 Å². The van der Waals surface area contributed by atoms with Crippen LogP contribution in [-0.2, 0) is 13.1 Å². The van der Waals surface area contributed by atoms with Gasteiger partial charge in [-0.25, -0.2) is 0 Å². The van der Waals surface area contributed by atoms with Crippen molar-refractivity contribution in [2.24, 2.45) is 0 Å². The molecule has 0 bridgehead atoms. The van der Waals surface area contributed by atoms with Crippen LogP contribution in [0.2, 0.25) is 10.0 Å². The third kappa shape index (κ3) is 3.95. The maximum atomic E-state index is 6.18. The third-order valence-electron chi connectivity index (χ3n) is 5.79. The fraction of sp³-hybridized carbons (Fsp3) is 0.250. The third-order valence-corrected chi connectivity index (χ3v) is 6.28. The van der Waals surface area contributed by atoms with Gasteiger partial charge in [-0.15, -0.1) is 0 Å². The summed E-state index contributed by atoms with van der Waals surface area (Å²) in [5.41, 5.74) is 5.53. The number of halogens is 2. The zero-order chi connectivity index (χ0) is 19.8. The van der Waals surface area contributed by atoms with Crippen LogP contribution in [-0.4, -0.2) is 29.1 Å². The molecule has 0 N–H and O–H groups in total. The van der Waals surface area contributed by atoms with Gasteiger partial charge in [-0.3, -0.25) is 4.90 Å². The van der Waals surface area contributed by atoms with Gasteiger partial charge < -0.3 is 9.47 Å². The SMILES string of the molecule is Clc1ccc(CN2CC3=C(CCN(Cc4cccc(Cl)c4)C3)n3cccc32)cc1. The van der Waals surface area contributed by atoms with Crippen molar-refractivity contribution in [2.45, 2.75) is 19.5 Å². The summed E-state index contributed by atoms with van der Waals surface area (Å²) in [6.07, 6.45) is 3.28. The first-order valence-corrected chi connectivity index (χ1v) is 10.8. The Morgan fingerprint density at radius 2 is 1.66 bits per heavy atom. The van der Waals surface area contributed by atoms with Crippen LogP contribution in [0, 0.1) is 0 Å². The molecule has 5 heteroatoms. The second kappa shape index (κ2) is 7.91. The number of anilines is 1. The highest BCUT2D eigenvalue weighted by atomic mass is 35.5. The molecule has 0 atom stereocenters. The van der Waals surface area contributed by atoms with Crippen LogP contribution in [0.5, 0.6) is 0 Å². The lowest BCUT2D eigenvalue weighted by atomic mass is 10.0. The van der Waals surface area contributed by atoms with Crippen molar-refractivity contribution in [2.75, 3.05) is 24.5 Å². The topological polar surface area (TPSA) is 11.4 Å². The number of rotatable bonds is 4. The van der Waals surface area contributed by atoms with E-state index in [4.69, 9.17) is 23.2 Å². The van der Waals surface area contributed by atoms with Gasteiger partial charge >= 0.3 is 0 Å². The molecule has 2 aliphatic heterocycles. The van der Waals surface area contributed by atoms with Gasteiger partial charge in [0.15, 0.2) is 0 Å². The molecular weight excluding hydrogens is 401 g/mol. The zero-order valence-corrected chi connectivity index (χ0v) is 17.7. The molecule has 0 saturated carbocycles. The van der Waals surface area contributed by atoms with Crippen LogP contribution >= 0.6 is 23.2 Å². The lowest BCUT2D eigenvalue weighted by molar-refractivity contribution is 0.280. The van der Waals surface area contributed by atoms with Crippen molar-refractivity contribution in [3.05, 3.63) is 93.6 Å². The highest BCUT2D eigenvalue weighted by Crippen LogP contribution is 2.35. The minimum atomic E-state index is 0.782. The normalized spacial score (nSPS) is 16.7. The predicted molar refractivity (Wildman–Crippen MR) is 121 cm³/mol. The molecule has 148 valence electrons. The number of hydrogen-bond donors (Lipinski definition) is 0. The van der Waals surface area contributed by atoms with E-state index in [9.17, 15) is 0 Å². The second-order valence-corrected chi connectivity index (χ2v) is 8.73. The molecule has 3 heterocycles. The van der Waals surface area contributed by atoms with Gasteiger partial charge in [0.25, 0.3) is 0 Å². The summed E-state index contributed by atoms with van der Waals surface area (Å²) in [6, 6.07) is 20.7. The zero-order valence-electron chi connectivity index (χ0n) is 16.2. The predicted octanol–water partition coefficient (Wildman–Crippen LogP) is 5.93. The summed E-state index contributed by atoms with van der Waals surface area (Å²) in [4.78, 5) is 4.99. The molecule has 29 heavy (non-hydrogen) atoms. The van der Waals surface area contributed by atoms with Crippen LogP contribution in [0.15, 0.2) is 72.4 Å². The highest BCUT2D eigenvalue weighted by molar-refractivity contribution is 6.30. The van der Waals surface area contributed by atoms with Crippen LogP contribution in [0.1, 0.15) is 17.5 Å². The summed E-state index contributed by atoms with van der Waals surface area (Å²) in [6.45, 7) is 4.85. The molecule has 0 radical (unpaired) electrons. The molecule has 0 amide bonds. The number of nitrogens with zero attached hydrogens (tertiary/aromatic N) is 3. The first-order chi connectivity index (χ1) is 14.2. The minimum absolute atomic E-state index is 0.782. The van der Waals surface area contributed by atoms with Gasteiger partial charge in [-0.1, -0.05) is 47.5 Å². The molecule has 0 fully saturated rings. The van der Waals surface area contributed by atoms with E-state index in [-0.39, 0.29) is 0 Å². The highest BCUT2D eigenvalue weighted by Gasteiger charge is 2.28. The molecule has 1 aromatic heterocycles. The van der Waals surface area contributed by atoms with Crippen molar-refractivity contribution in [1.29, 1.82) is 0 Å². The Bertz CT molecular complexity index is 1050. The molecule has 3 nitrogen and oxygen atoms in total. The Balaban J connectivity index is 1.36. The summed E-state index contributed by atoms with van der Waals surface area (Å²) >= 11 is 12.2. The molecular formula is C24H23Cl2N3. The van der Waals surface area contributed by atoms with Crippen molar-refractivity contribution < 1.29 is 0 Å². The van der Waals surface area contributed by atoms with Crippen molar-refractivity contribution in [3.8, 4) is 0 Å². The molecule has 2 aliphatic rings. The molecule has 0 saturated heterocycles. The van der Waals surface area contributed by atoms with Crippen LogP contribution in [0.3, 0.4) is 0 Å². The van der Waals surface area contributed by atoms with Gasteiger partial charge in [-0.05, 0) is 53.1 Å². The van der Waals surface area contributed by atoms with E-state index >= 15 is 0 Å². The Hall–Kier alpha value is -2.20. The second-order valence-electron chi connectivity index (χ2n) is 7.86. The van der Waals surface area contributed by atoms with E-state index in [1.54, 1.807) is 0 Å². The summed E-state index contributed by atoms with van der Waals surface area (Å²) in [5.74, 6) is 1.28. The molecule has 2 aromatic carbocycles. The number of fused-ring (bicyclic) bond motifs is 2. The lowest BCUT2D eigenvalue weighted by Gasteiger charge is -2.39. The smallest absolute Gasteiger partial charge is 0.113 e. The van der Waals surface area contributed by atoms with Gasteiger partial charge in [0.05, 0.1) is 0 Å². The Morgan fingerprint density at radius 3 is 2.48 bits per heavy atom. The lowest BCUT2D eigenvalue weighted by Crippen LogP contribution is -2.40. The standard InChI is InChI=1S/C24H23Cl2N3/c25-21-8-6-18(7-9-21)15-28-17-20-16-27(14-19-3-1-4-22(26)13-19)12-10-23(20)29-11-2-5-24(28)29/h1-9,11,13H,10,12,14-17H2. The quantitative estimate of drug-likeness (QED) is 0.514. The van der Waals surface area contributed by atoms with E-state index in [2.05, 4.69) is 57.0 Å².